The van der Waals surface area contributed by atoms with Crippen molar-refractivity contribution in [1.82, 2.24) is 20.3 Å². The maximum absolute atomic E-state index is 12.7. The highest BCUT2D eigenvalue weighted by atomic mass is 16.6. The maximum Gasteiger partial charge on any atom is 0.430 e. The smallest absolute Gasteiger partial charge is 0.430 e. The Balaban J connectivity index is 1.98. The Morgan fingerprint density at radius 1 is 1.15 bits per heavy atom. The molecule has 0 N–H and O–H groups in total. The largest absolute Gasteiger partial charge is 0.442 e. The number of aryl methyl sites for hydroxylation is 1. The van der Waals surface area contributed by atoms with Crippen LogP contribution in [0.25, 0.3) is 0 Å². The molecule has 0 bridgehead atoms. The molecule has 0 aliphatic carbocycles. The van der Waals surface area contributed by atoms with Gasteiger partial charge in [0.05, 0.1) is 17.7 Å². The molecule has 0 spiro atoms. The Kier molecular flexibility index (Phi) is 4.23. The van der Waals surface area contributed by atoms with E-state index in [1.807, 2.05) is 0 Å². The van der Waals surface area contributed by atoms with E-state index in [9.17, 15) is 14.4 Å². The van der Waals surface area contributed by atoms with Gasteiger partial charge in [-0.15, -0.1) is 0 Å². The van der Waals surface area contributed by atoms with Crippen LogP contribution in [0.4, 0.5) is 4.79 Å². The van der Waals surface area contributed by atoms with Crippen LogP contribution in [0.2, 0.25) is 0 Å². The zero-order chi connectivity index (χ0) is 19.1. The Morgan fingerprint density at radius 3 is 2.19 bits per heavy atom. The average molecular weight is 358 g/mol. The summed E-state index contributed by atoms with van der Waals surface area (Å²) in [5.74, 6) is -1.21. The van der Waals surface area contributed by atoms with Gasteiger partial charge in [-0.1, -0.05) is 22.4 Å². The number of carbonyl (C=O) groups is 3. The van der Waals surface area contributed by atoms with Gasteiger partial charge in [-0.2, -0.15) is 5.01 Å². The molecular weight excluding hydrogens is 340 g/mol. The predicted molar refractivity (Wildman–Crippen MR) is 87.8 cm³/mol. The lowest BCUT2D eigenvalue weighted by Crippen LogP contribution is -2.50. The number of hydrogen-bond acceptors (Lipinski definition) is 7. The van der Waals surface area contributed by atoms with E-state index in [4.69, 9.17) is 4.74 Å². The number of ether oxygens (including phenoxy) is 1. The zero-order valence-corrected chi connectivity index (χ0v) is 14.8. The SMILES string of the molecule is Cc1nonc1CN(C(=O)OC(C)(C)C)N1C(=O)c2ccccc2C1=O. The first-order chi connectivity index (χ1) is 12.2. The van der Waals surface area contributed by atoms with Gasteiger partial charge in [0.1, 0.15) is 17.0 Å². The minimum Gasteiger partial charge on any atom is -0.442 e. The molecule has 9 nitrogen and oxygen atoms in total. The van der Waals surface area contributed by atoms with E-state index in [-0.39, 0.29) is 17.7 Å². The van der Waals surface area contributed by atoms with Gasteiger partial charge in [0.25, 0.3) is 11.8 Å². The van der Waals surface area contributed by atoms with Crippen LogP contribution >= 0.6 is 0 Å². The van der Waals surface area contributed by atoms with Gasteiger partial charge in [-0.05, 0) is 39.8 Å². The van der Waals surface area contributed by atoms with Crippen LogP contribution in [0, 0.1) is 6.92 Å². The van der Waals surface area contributed by atoms with Gasteiger partial charge in [-0.3, -0.25) is 9.59 Å². The molecular formula is C17H18N4O5. The average Bonchev–Trinajstić information content (AvgIpc) is 3.06. The van der Waals surface area contributed by atoms with Crippen LogP contribution in [0.1, 0.15) is 52.9 Å². The Hall–Kier alpha value is -3.23. The molecule has 9 heteroatoms. The lowest BCUT2D eigenvalue weighted by molar-refractivity contribution is -0.0326. The summed E-state index contributed by atoms with van der Waals surface area (Å²) >= 11 is 0. The number of amides is 3. The Labute approximate surface area is 149 Å². The van der Waals surface area contributed by atoms with E-state index >= 15 is 0 Å². The number of aromatic nitrogens is 2. The van der Waals surface area contributed by atoms with Crippen LogP contribution in [0.15, 0.2) is 28.9 Å². The molecule has 0 radical (unpaired) electrons. The van der Waals surface area contributed by atoms with Crippen molar-refractivity contribution in [1.29, 1.82) is 0 Å². The van der Waals surface area contributed by atoms with E-state index in [1.165, 1.54) is 12.1 Å². The van der Waals surface area contributed by atoms with Crippen LogP contribution in [-0.2, 0) is 11.3 Å². The summed E-state index contributed by atoms with van der Waals surface area (Å²) in [7, 11) is 0. The Morgan fingerprint density at radius 2 is 1.73 bits per heavy atom. The molecule has 3 rings (SSSR count). The van der Waals surface area contributed by atoms with Gasteiger partial charge in [-0.25, -0.2) is 14.4 Å². The van der Waals surface area contributed by atoms with Crippen molar-refractivity contribution >= 4 is 17.9 Å². The number of benzene rings is 1. The number of carbonyl (C=O) groups excluding carboxylic acids is 3. The quantitative estimate of drug-likeness (QED) is 0.775. The zero-order valence-electron chi connectivity index (χ0n) is 14.8. The highest BCUT2D eigenvalue weighted by Gasteiger charge is 2.43. The fraction of sp³-hybridized carbons (Fsp3) is 0.353. The van der Waals surface area contributed by atoms with Crippen molar-refractivity contribution in [2.75, 3.05) is 0 Å². The number of rotatable bonds is 3. The molecule has 1 aromatic heterocycles. The normalized spacial score (nSPS) is 13.8. The summed E-state index contributed by atoms with van der Waals surface area (Å²) in [6.45, 7) is 6.51. The van der Waals surface area contributed by atoms with Gasteiger partial charge in [0, 0.05) is 0 Å². The highest BCUT2D eigenvalue weighted by Crippen LogP contribution is 2.26. The molecule has 26 heavy (non-hydrogen) atoms. The van der Waals surface area contributed by atoms with Crippen LogP contribution < -0.4 is 0 Å². The number of fused-ring (bicyclic) bond motifs is 1. The first-order valence-electron chi connectivity index (χ1n) is 7.95. The maximum atomic E-state index is 12.7. The minimum absolute atomic E-state index is 0.199. The molecule has 2 aromatic rings. The lowest BCUT2D eigenvalue weighted by Gasteiger charge is -2.31. The molecule has 136 valence electrons. The second-order valence-electron chi connectivity index (χ2n) is 6.80. The lowest BCUT2D eigenvalue weighted by atomic mass is 10.1. The second kappa shape index (κ2) is 6.25. The van der Waals surface area contributed by atoms with E-state index in [0.717, 1.165) is 10.0 Å². The summed E-state index contributed by atoms with van der Waals surface area (Å²) in [5.41, 5.74) is 0.384. The fourth-order valence-electron chi connectivity index (χ4n) is 2.46. The summed E-state index contributed by atoms with van der Waals surface area (Å²) in [6.07, 6.45) is -0.852. The first kappa shape index (κ1) is 17.6. The minimum atomic E-state index is -0.852. The van der Waals surface area contributed by atoms with E-state index in [2.05, 4.69) is 14.9 Å². The van der Waals surface area contributed by atoms with Crippen LogP contribution in [0.3, 0.4) is 0 Å². The third-order valence-electron chi connectivity index (χ3n) is 3.66. The third kappa shape index (κ3) is 3.15. The van der Waals surface area contributed by atoms with E-state index in [1.54, 1.807) is 39.8 Å². The standard InChI is InChI=1S/C17H18N4O5/c1-10-13(19-26-18-10)9-20(16(24)25-17(2,3)4)21-14(22)11-7-5-6-8-12(11)15(21)23/h5-8H,9H2,1-4H3. The van der Waals surface area contributed by atoms with Gasteiger partial charge in [0.15, 0.2) is 0 Å². The van der Waals surface area contributed by atoms with Crippen molar-refractivity contribution < 1.29 is 23.7 Å². The molecule has 1 aliphatic rings. The second-order valence-corrected chi connectivity index (χ2v) is 6.80. The number of imide groups is 1. The van der Waals surface area contributed by atoms with Crippen molar-refractivity contribution in [2.45, 2.75) is 39.8 Å². The molecule has 0 saturated heterocycles. The third-order valence-corrected chi connectivity index (χ3v) is 3.66. The summed E-state index contributed by atoms with van der Waals surface area (Å²) in [4.78, 5) is 38.2. The monoisotopic (exact) mass is 358 g/mol. The predicted octanol–water partition coefficient (Wildman–Crippen LogP) is 2.33. The molecule has 2 heterocycles. The number of hydrazine groups is 1. The van der Waals surface area contributed by atoms with Crippen molar-refractivity contribution in [3.8, 4) is 0 Å². The van der Waals surface area contributed by atoms with Crippen LogP contribution in [0.5, 0.6) is 0 Å². The van der Waals surface area contributed by atoms with Crippen molar-refractivity contribution in [3.05, 3.63) is 46.8 Å². The molecule has 3 amide bonds. The number of hydrogen-bond donors (Lipinski definition) is 0. The summed E-state index contributed by atoms with van der Waals surface area (Å²) < 4.78 is 10.00. The first-order valence-corrected chi connectivity index (χ1v) is 7.95. The van der Waals surface area contributed by atoms with E-state index in [0.29, 0.717) is 11.4 Å². The molecule has 0 unspecified atom stereocenters. The van der Waals surface area contributed by atoms with Gasteiger partial charge < -0.3 is 4.74 Å². The topological polar surface area (TPSA) is 106 Å². The Bertz CT molecular complexity index is 848. The van der Waals surface area contributed by atoms with Gasteiger partial charge in [0.2, 0.25) is 0 Å². The summed E-state index contributed by atoms with van der Waals surface area (Å²) in [5, 5.41) is 9.06. The van der Waals surface area contributed by atoms with Crippen molar-refractivity contribution in [3.63, 3.8) is 0 Å². The van der Waals surface area contributed by atoms with Gasteiger partial charge >= 0.3 is 6.09 Å². The molecule has 1 aromatic carbocycles. The molecule has 0 saturated carbocycles. The highest BCUT2D eigenvalue weighted by molar-refractivity contribution is 6.21. The fourth-order valence-corrected chi connectivity index (χ4v) is 2.46. The van der Waals surface area contributed by atoms with Crippen LogP contribution in [-0.4, -0.2) is 43.8 Å². The van der Waals surface area contributed by atoms with E-state index < -0.39 is 23.5 Å². The molecule has 0 fully saturated rings. The molecule has 0 atom stereocenters. The van der Waals surface area contributed by atoms with Crippen molar-refractivity contribution in [2.24, 2.45) is 0 Å². The number of nitrogens with zero attached hydrogens (tertiary/aromatic N) is 4. The summed E-state index contributed by atoms with van der Waals surface area (Å²) in [6, 6.07) is 6.37. The molecule has 1 aliphatic heterocycles.